The van der Waals surface area contributed by atoms with E-state index in [9.17, 15) is 0 Å². The van der Waals surface area contributed by atoms with Crippen molar-refractivity contribution in [3.63, 3.8) is 0 Å². The quantitative estimate of drug-likeness (QED) is 0.172. The SMILES string of the molecule is c1ccc(-c2nc(-c3ccccc3-c3cccc(-c4ccccc4-c4ccccc4)c3)nc(-n3c4ccccc4c4ccc5c6ccccc6oc5c43)n2)cc1. The molecule has 0 N–H and O–H groups in total. The summed E-state index contributed by atoms with van der Waals surface area (Å²) in [6, 6.07) is 67.4. The van der Waals surface area contributed by atoms with Crippen LogP contribution in [0.4, 0.5) is 0 Å². The van der Waals surface area contributed by atoms with Crippen molar-refractivity contribution in [3.8, 4) is 62.1 Å². The molecule has 11 aromatic rings. The van der Waals surface area contributed by atoms with Crippen molar-refractivity contribution in [1.82, 2.24) is 19.5 Å². The Bertz CT molecular complexity index is 3250. The van der Waals surface area contributed by atoms with Crippen molar-refractivity contribution in [1.29, 1.82) is 0 Å². The van der Waals surface area contributed by atoms with Gasteiger partial charge in [0.05, 0.1) is 5.52 Å². The second kappa shape index (κ2) is 13.0. The Morgan fingerprint density at radius 3 is 1.64 bits per heavy atom. The summed E-state index contributed by atoms with van der Waals surface area (Å²) in [5.74, 6) is 1.70. The number of fused-ring (bicyclic) bond motifs is 7. The number of rotatable bonds is 6. The van der Waals surface area contributed by atoms with Gasteiger partial charge in [0.25, 0.3) is 0 Å². The van der Waals surface area contributed by atoms with Crippen LogP contribution in [-0.2, 0) is 0 Å². The molecule has 3 heterocycles. The van der Waals surface area contributed by atoms with Crippen LogP contribution >= 0.6 is 0 Å². The van der Waals surface area contributed by atoms with Gasteiger partial charge in [0.15, 0.2) is 17.2 Å². The highest BCUT2D eigenvalue weighted by Crippen LogP contribution is 2.41. The molecular formula is C51H32N4O. The molecule has 0 radical (unpaired) electrons. The normalized spacial score (nSPS) is 11.6. The van der Waals surface area contributed by atoms with Crippen molar-refractivity contribution in [2.75, 3.05) is 0 Å². The lowest BCUT2D eigenvalue weighted by Gasteiger charge is -2.15. The third kappa shape index (κ3) is 5.21. The van der Waals surface area contributed by atoms with E-state index in [0.717, 1.165) is 71.6 Å². The Kier molecular flexibility index (Phi) is 7.42. The number of aromatic nitrogens is 4. The number of hydrogen-bond acceptors (Lipinski definition) is 4. The molecule has 0 saturated carbocycles. The minimum Gasteiger partial charge on any atom is -0.454 e. The zero-order chi connectivity index (χ0) is 37.0. The molecule has 262 valence electrons. The van der Waals surface area contributed by atoms with Crippen LogP contribution < -0.4 is 0 Å². The lowest BCUT2D eigenvalue weighted by atomic mass is 9.91. The highest BCUT2D eigenvalue weighted by Gasteiger charge is 2.23. The molecule has 5 heteroatoms. The highest BCUT2D eigenvalue weighted by molar-refractivity contribution is 6.21. The van der Waals surface area contributed by atoms with Gasteiger partial charge in [0.1, 0.15) is 11.1 Å². The first-order valence-electron chi connectivity index (χ1n) is 18.8. The molecule has 11 rings (SSSR count). The van der Waals surface area contributed by atoms with E-state index in [0.29, 0.717) is 17.6 Å². The van der Waals surface area contributed by atoms with E-state index in [1.54, 1.807) is 0 Å². The van der Waals surface area contributed by atoms with E-state index in [2.05, 4.69) is 156 Å². The lowest BCUT2D eigenvalue weighted by Crippen LogP contribution is -2.07. The fourth-order valence-corrected chi connectivity index (χ4v) is 8.13. The fraction of sp³-hybridized carbons (Fsp3) is 0. The minimum absolute atomic E-state index is 0.522. The zero-order valence-electron chi connectivity index (χ0n) is 30.2. The van der Waals surface area contributed by atoms with Gasteiger partial charge in [-0.2, -0.15) is 9.97 Å². The third-order valence-electron chi connectivity index (χ3n) is 10.7. The first kappa shape index (κ1) is 31.9. The van der Waals surface area contributed by atoms with E-state index in [1.165, 1.54) is 16.7 Å². The Balaban J connectivity index is 1.15. The van der Waals surface area contributed by atoms with Gasteiger partial charge in [-0.25, -0.2) is 4.98 Å². The first-order valence-corrected chi connectivity index (χ1v) is 18.8. The monoisotopic (exact) mass is 716 g/mol. The zero-order valence-corrected chi connectivity index (χ0v) is 30.2. The number of hydrogen-bond donors (Lipinski definition) is 0. The van der Waals surface area contributed by atoms with Crippen LogP contribution in [0.3, 0.4) is 0 Å². The second-order valence-corrected chi connectivity index (χ2v) is 14.0. The van der Waals surface area contributed by atoms with E-state index in [1.807, 2.05) is 42.5 Å². The maximum atomic E-state index is 6.66. The molecule has 0 spiro atoms. The van der Waals surface area contributed by atoms with Crippen LogP contribution in [0.15, 0.2) is 199 Å². The molecule has 0 aliphatic rings. The van der Waals surface area contributed by atoms with Crippen LogP contribution in [0.1, 0.15) is 0 Å². The lowest BCUT2D eigenvalue weighted by molar-refractivity contribution is 0.670. The first-order chi connectivity index (χ1) is 27.8. The van der Waals surface area contributed by atoms with Gasteiger partial charge in [-0.3, -0.25) is 4.57 Å². The number of furan rings is 1. The van der Waals surface area contributed by atoms with E-state index in [-0.39, 0.29) is 0 Å². The maximum absolute atomic E-state index is 6.66. The van der Waals surface area contributed by atoms with Gasteiger partial charge in [-0.05, 0) is 57.6 Å². The largest absolute Gasteiger partial charge is 0.454 e. The van der Waals surface area contributed by atoms with E-state index >= 15 is 0 Å². The predicted molar refractivity (Wildman–Crippen MR) is 229 cm³/mol. The summed E-state index contributed by atoms with van der Waals surface area (Å²) in [6.07, 6.45) is 0. The molecule has 8 aromatic carbocycles. The van der Waals surface area contributed by atoms with E-state index < -0.39 is 0 Å². The van der Waals surface area contributed by atoms with Gasteiger partial charge in [0.2, 0.25) is 5.95 Å². The van der Waals surface area contributed by atoms with Crippen molar-refractivity contribution in [2.45, 2.75) is 0 Å². The molecule has 0 atom stereocenters. The third-order valence-corrected chi connectivity index (χ3v) is 10.7. The number of benzene rings is 8. The standard InChI is InChI=1S/C51H32N4O/c1-3-16-33(17-4-1)37-22-7-8-23-38(37)35-20-15-21-36(32-35)39-24-9-10-27-44(39)50-52-49(34-18-5-2-6-19-34)53-51(54-50)55-45-28-13-11-25-40(45)42-30-31-43-41-26-12-14-29-46(41)56-48(43)47(42)55/h1-32H. The van der Waals surface area contributed by atoms with Crippen molar-refractivity contribution in [2.24, 2.45) is 0 Å². The summed E-state index contributed by atoms with van der Waals surface area (Å²) < 4.78 is 8.81. The second-order valence-electron chi connectivity index (χ2n) is 14.0. The topological polar surface area (TPSA) is 56.7 Å². The Morgan fingerprint density at radius 1 is 0.357 bits per heavy atom. The van der Waals surface area contributed by atoms with Crippen LogP contribution in [0, 0.1) is 0 Å². The average Bonchev–Trinajstić information content (AvgIpc) is 3.83. The summed E-state index contributed by atoms with van der Waals surface area (Å²) in [4.78, 5) is 15.8. The molecular weight excluding hydrogens is 685 g/mol. The summed E-state index contributed by atoms with van der Waals surface area (Å²) in [6.45, 7) is 0. The summed E-state index contributed by atoms with van der Waals surface area (Å²) in [5.41, 5.74) is 12.2. The van der Waals surface area contributed by atoms with Gasteiger partial charge in [0, 0.05) is 32.7 Å². The number of para-hydroxylation sites is 2. The molecule has 0 bridgehead atoms. The Hall–Kier alpha value is -7.63. The van der Waals surface area contributed by atoms with Crippen molar-refractivity contribution in [3.05, 3.63) is 194 Å². The van der Waals surface area contributed by atoms with Crippen LogP contribution in [0.25, 0.3) is 106 Å². The summed E-state index contributed by atoms with van der Waals surface area (Å²) in [7, 11) is 0. The van der Waals surface area contributed by atoms with Gasteiger partial charge < -0.3 is 4.42 Å². The summed E-state index contributed by atoms with van der Waals surface area (Å²) in [5, 5.41) is 4.29. The smallest absolute Gasteiger partial charge is 0.238 e. The molecule has 0 saturated heterocycles. The molecule has 0 amide bonds. The van der Waals surface area contributed by atoms with Gasteiger partial charge in [-0.1, -0.05) is 170 Å². The van der Waals surface area contributed by atoms with Crippen molar-refractivity contribution >= 4 is 43.7 Å². The maximum Gasteiger partial charge on any atom is 0.238 e. The number of nitrogens with zero attached hydrogens (tertiary/aromatic N) is 4. The minimum atomic E-state index is 0.522. The molecule has 3 aromatic heterocycles. The fourth-order valence-electron chi connectivity index (χ4n) is 8.13. The molecule has 5 nitrogen and oxygen atoms in total. The highest BCUT2D eigenvalue weighted by atomic mass is 16.3. The molecule has 56 heavy (non-hydrogen) atoms. The van der Waals surface area contributed by atoms with Crippen LogP contribution in [0.2, 0.25) is 0 Å². The van der Waals surface area contributed by atoms with Gasteiger partial charge >= 0.3 is 0 Å². The van der Waals surface area contributed by atoms with Crippen LogP contribution in [-0.4, -0.2) is 19.5 Å². The Morgan fingerprint density at radius 2 is 0.893 bits per heavy atom. The molecule has 0 unspecified atom stereocenters. The summed E-state index contributed by atoms with van der Waals surface area (Å²) >= 11 is 0. The average molecular weight is 717 g/mol. The molecule has 0 aliphatic heterocycles. The Labute approximate surface area is 322 Å². The predicted octanol–water partition coefficient (Wildman–Crippen LogP) is 13.2. The van der Waals surface area contributed by atoms with Crippen LogP contribution in [0.5, 0.6) is 0 Å². The molecule has 0 fully saturated rings. The molecule has 0 aliphatic carbocycles. The van der Waals surface area contributed by atoms with Crippen molar-refractivity contribution < 1.29 is 4.42 Å². The van der Waals surface area contributed by atoms with E-state index in [4.69, 9.17) is 19.4 Å². The van der Waals surface area contributed by atoms with Gasteiger partial charge in [-0.15, -0.1) is 0 Å².